The van der Waals surface area contributed by atoms with Crippen LogP contribution in [0.2, 0.25) is 0 Å². The monoisotopic (exact) mass is 276 g/mol. The smallest absolute Gasteiger partial charge is 0.227 e. The van der Waals surface area contributed by atoms with Gasteiger partial charge in [0.25, 0.3) is 0 Å². The first-order chi connectivity index (χ1) is 9.27. The molecule has 112 valence electrons. The van der Waals surface area contributed by atoms with Crippen molar-refractivity contribution >= 4 is 17.3 Å². The third-order valence-electron chi connectivity index (χ3n) is 3.94. The highest BCUT2D eigenvalue weighted by Gasteiger charge is 2.26. The van der Waals surface area contributed by atoms with E-state index in [-0.39, 0.29) is 11.3 Å². The van der Waals surface area contributed by atoms with Crippen molar-refractivity contribution < 1.29 is 4.79 Å². The van der Waals surface area contributed by atoms with Gasteiger partial charge in [-0.1, -0.05) is 46.8 Å². The van der Waals surface area contributed by atoms with Crippen molar-refractivity contribution in [2.24, 2.45) is 11.3 Å². The molecule has 0 saturated carbocycles. The van der Waals surface area contributed by atoms with Gasteiger partial charge in [0.05, 0.1) is 11.4 Å². The molecule has 1 amide bonds. The SMILES string of the molecule is CCCN(C(=O)CC(C)C(C)(C)C)c1ccccc1N. The van der Waals surface area contributed by atoms with Crippen molar-refractivity contribution in [3.8, 4) is 0 Å². The summed E-state index contributed by atoms with van der Waals surface area (Å²) in [6, 6.07) is 7.59. The Morgan fingerprint density at radius 2 is 1.90 bits per heavy atom. The van der Waals surface area contributed by atoms with E-state index in [2.05, 4.69) is 34.6 Å². The van der Waals surface area contributed by atoms with Crippen molar-refractivity contribution in [3.05, 3.63) is 24.3 Å². The van der Waals surface area contributed by atoms with E-state index in [4.69, 9.17) is 5.73 Å². The van der Waals surface area contributed by atoms with Gasteiger partial charge in [-0.3, -0.25) is 4.79 Å². The second kappa shape index (κ2) is 6.78. The molecule has 0 spiro atoms. The van der Waals surface area contributed by atoms with E-state index in [0.717, 1.165) is 12.1 Å². The van der Waals surface area contributed by atoms with Gasteiger partial charge in [-0.25, -0.2) is 0 Å². The van der Waals surface area contributed by atoms with Crippen molar-refractivity contribution in [1.82, 2.24) is 0 Å². The van der Waals surface area contributed by atoms with Gasteiger partial charge in [-0.05, 0) is 29.9 Å². The van der Waals surface area contributed by atoms with Crippen LogP contribution in [-0.4, -0.2) is 12.5 Å². The van der Waals surface area contributed by atoms with Crippen LogP contribution >= 0.6 is 0 Å². The molecule has 0 fully saturated rings. The zero-order valence-electron chi connectivity index (χ0n) is 13.4. The van der Waals surface area contributed by atoms with E-state index in [1.165, 1.54) is 0 Å². The van der Waals surface area contributed by atoms with Gasteiger partial charge in [0.1, 0.15) is 0 Å². The number of hydrogen-bond acceptors (Lipinski definition) is 2. The van der Waals surface area contributed by atoms with Gasteiger partial charge in [0.2, 0.25) is 5.91 Å². The highest BCUT2D eigenvalue weighted by atomic mass is 16.2. The third kappa shape index (κ3) is 4.26. The topological polar surface area (TPSA) is 46.3 Å². The van der Waals surface area contributed by atoms with Crippen molar-refractivity contribution in [1.29, 1.82) is 0 Å². The first kappa shape index (κ1) is 16.5. The number of nitrogens with two attached hydrogens (primary N) is 1. The molecule has 3 heteroatoms. The van der Waals surface area contributed by atoms with E-state index in [9.17, 15) is 4.79 Å². The molecule has 1 rings (SSSR count). The quantitative estimate of drug-likeness (QED) is 0.823. The van der Waals surface area contributed by atoms with E-state index < -0.39 is 0 Å². The second-order valence-corrected chi connectivity index (χ2v) is 6.58. The molecule has 0 aliphatic carbocycles. The molecule has 1 aromatic carbocycles. The Labute approximate surface area is 123 Å². The Kier molecular flexibility index (Phi) is 5.61. The fourth-order valence-electron chi connectivity index (χ4n) is 2.01. The molecule has 0 radical (unpaired) electrons. The van der Waals surface area contributed by atoms with Crippen LogP contribution in [0, 0.1) is 11.3 Å². The maximum Gasteiger partial charge on any atom is 0.227 e. The van der Waals surface area contributed by atoms with Crippen LogP contribution in [-0.2, 0) is 4.79 Å². The molecule has 0 saturated heterocycles. The minimum Gasteiger partial charge on any atom is -0.397 e. The number of nitrogens with zero attached hydrogens (tertiary/aromatic N) is 1. The second-order valence-electron chi connectivity index (χ2n) is 6.58. The molecule has 1 unspecified atom stereocenters. The van der Waals surface area contributed by atoms with Gasteiger partial charge < -0.3 is 10.6 Å². The Morgan fingerprint density at radius 1 is 1.30 bits per heavy atom. The number of rotatable bonds is 5. The molecule has 1 aromatic rings. The number of para-hydroxylation sites is 2. The normalized spacial score (nSPS) is 13.1. The van der Waals surface area contributed by atoms with Gasteiger partial charge in [0.15, 0.2) is 0 Å². The summed E-state index contributed by atoms with van der Waals surface area (Å²) in [7, 11) is 0. The van der Waals surface area contributed by atoms with Crippen LogP contribution in [0.15, 0.2) is 24.3 Å². The molecule has 2 N–H and O–H groups in total. The van der Waals surface area contributed by atoms with Crippen LogP contribution in [0.1, 0.15) is 47.5 Å². The number of amides is 1. The maximum absolute atomic E-state index is 12.6. The molecule has 3 nitrogen and oxygen atoms in total. The molecular weight excluding hydrogens is 248 g/mol. The summed E-state index contributed by atoms with van der Waals surface area (Å²) < 4.78 is 0. The van der Waals surface area contributed by atoms with E-state index >= 15 is 0 Å². The van der Waals surface area contributed by atoms with E-state index in [1.807, 2.05) is 29.2 Å². The number of hydrogen-bond donors (Lipinski definition) is 1. The van der Waals surface area contributed by atoms with Crippen LogP contribution in [0.3, 0.4) is 0 Å². The summed E-state index contributed by atoms with van der Waals surface area (Å²) in [6.07, 6.45) is 1.47. The number of anilines is 2. The van der Waals surface area contributed by atoms with E-state index in [0.29, 0.717) is 24.6 Å². The summed E-state index contributed by atoms with van der Waals surface area (Å²) in [5.41, 5.74) is 7.65. The van der Waals surface area contributed by atoms with Crippen molar-refractivity contribution in [2.45, 2.75) is 47.5 Å². The predicted molar refractivity (Wildman–Crippen MR) is 86.7 cm³/mol. The molecule has 0 aliphatic heterocycles. The molecule has 1 atom stereocenters. The number of carbonyl (C=O) groups is 1. The summed E-state index contributed by atoms with van der Waals surface area (Å²) in [5.74, 6) is 0.492. The molecule has 0 heterocycles. The van der Waals surface area contributed by atoms with Gasteiger partial charge >= 0.3 is 0 Å². The highest BCUT2D eigenvalue weighted by molar-refractivity contribution is 5.96. The fraction of sp³-hybridized carbons (Fsp3) is 0.588. The summed E-state index contributed by atoms with van der Waals surface area (Å²) in [4.78, 5) is 14.4. The van der Waals surface area contributed by atoms with E-state index in [1.54, 1.807) is 0 Å². The van der Waals surface area contributed by atoms with Crippen LogP contribution < -0.4 is 10.6 Å². The molecule has 0 aromatic heterocycles. The average molecular weight is 276 g/mol. The molecular formula is C17H28N2O. The Bertz CT molecular complexity index is 449. The Balaban J connectivity index is 2.92. The first-order valence-corrected chi connectivity index (χ1v) is 7.42. The van der Waals surface area contributed by atoms with Crippen molar-refractivity contribution in [3.63, 3.8) is 0 Å². The molecule has 0 aliphatic rings. The number of nitrogen functional groups attached to an aromatic ring is 1. The maximum atomic E-state index is 12.6. The van der Waals surface area contributed by atoms with Gasteiger partial charge in [-0.2, -0.15) is 0 Å². The largest absolute Gasteiger partial charge is 0.397 e. The molecule has 20 heavy (non-hydrogen) atoms. The summed E-state index contributed by atoms with van der Waals surface area (Å²) in [6.45, 7) is 11.4. The lowest BCUT2D eigenvalue weighted by Crippen LogP contribution is -2.35. The van der Waals surface area contributed by atoms with Crippen LogP contribution in [0.4, 0.5) is 11.4 Å². The molecule has 0 bridgehead atoms. The van der Waals surface area contributed by atoms with Gasteiger partial charge in [-0.15, -0.1) is 0 Å². The highest BCUT2D eigenvalue weighted by Crippen LogP contribution is 2.30. The lowest BCUT2D eigenvalue weighted by atomic mass is 9.80. The minimum absolute atomic E-state index is 0.135. The van der Waals surface area contributed by atoms with Crippen molar-refractivity contribution in [2.75, 3.05) is 17.2 Å². The zero-order chi connectivity index (χ0) is 15.3. The minimum atomic E-state index is 0.135. The van der Waals surface area contributed by atoms with Crippen LogP contribution in [0.25, 0.3) is 0 Å². The zero-order valence-corrected chi connectivity index (χ0v) is 13.4. The standard InChI is InChI=1S/C17H28N2O/c1-6-11-19(15-10-8-7-9-14(15)18)16(20)12-13(2)17(3,4)5/h7-10,13H,6,11-12,18H2,1-5H3. The predicted octanol–water partition coefficient (Wildman–Crippen LogP) is 4.08. The number of benzene rings is 1. The summed E-state index contributed by atoms with van der Waals surface area (Å²) >= 11 is 0. The Morgan fingerprint density at radius 3 is 2.40 bits per heavy atom. The lowest BCUT2D eigenvalue weighted by Gasteiger charge is -2.30. The number of carbonyl (C=O) groups excluding carboxylic acids is 1. The van der Waals surface area contributed by atoms with Gasteiger partial charge in [0, 0.05) is 13.0 Å². The third-order valence-corrected chi connectivity index (χ3v) is 3.94. The fourth-order valence-corrected chi connectivity index (χ4v) is 2.01. The summed E-state index contributed by atoms with van der Waals surface area (Å²) in [5, 5.41) is 0. The average Bonchev–Trinajstić information content (AvgIpc) is 2.35. The lowest BCUT2D eigenvalue weighted by molar-refractivity contribution is -0.120. The van der Waals surface area contributed by atoms with Crippen LogP contribution in [0.5, 0.6) is 0 Å². The Hall–Kier alpha value is -1.51. The first-order valence-electron chi connectivity index (χ1n) is 7.42.